The lowest BCUT2D eigenvalue weighted by atomic mass is 10.1. The molecule has 0 unspecified atom stereocenters. The third-order valence-corrected chi connectivity index (χ3v) is 7.02. The van der Waals surface area contributed by atoms with Gasteiger partial charge in [0.25, 0.3) is 5.91 Å². The van der Waals surface area contributed by atoms with Crippen LogP contribution in [0.4, 0.5) is 13.2 Å². The average Bonchev–Trinajstić information content (AvgIpc) is 3.20. The third-order valence-electron chi connectivity index (χ3n) is 5.13. The van der Waals surface area contributed by atoms with E-state index < -0.39 is 26.7 Å². The number of carbonyl (C=O) groups is 1. The maximum absolute atomic E-state index is 12.9. The van der Waals surface area contributed by atoms with Crippen molar-refractivity contribution in [1.82, 2.24) is 14.2 Å². The van der Waals surface area contributed by atoms with E-state index in [4.69, 9.17) is 0 Å². The molecule has 1 amide bonds. The lowest BCUT2D eigenvalue weighted by molar-refractivity contribution is -0.137. The van der Waals surface area contributed by atoms with E-state index in [-0.39, 0.29) is 32.1 Å². The van der Waals surface area contributed by atoms with Crippen molar-refractivity contribution in [1.29, 1.82) is 0 Å². The minimum atomic E-state index is -4.63. The number of aromatic nitrogens is 1. The number of hydrogen-bond donors (Lipinski definition) is 1. The summed E-state index contributed by atoms with van der Waals surface area (Å²) in [5.74, 6) is -0.220. The lowest BCUT2D eigenvalue weighted by Gasteiger charge is -2.34. The summed E-state index contributed by atoms with van der Waals surface area (Å²) < 4.78 is 65.4. The number of rotatable bonds is 3. The molecule has 0 saturated carbocycles. The Balaban J connectivity index is 1.48. The molecule has 2 heterocycles. The molecule has 4 rings (SSSR count). The standard InChI is InChI=1S/C20H18F3N3O3S/c21-20(22,23)16-2-1-3-17(13-16)30(28,29)26-10-8-25(9-11-26)19(27)15-5-4-14-6-7-24-18(14)12-15/h1-7,12-13,24H,8-11H2. The number of piperazine rings is 1. The molecule has 1 N–H and O–H groups in total. The Morgan fingerprint density at radius 1 is 0.967 bits per heavy atom. The van der Waals surface area contributed by atoms with Crippen molar-refractivity contribution in [3.05, 3.63) is 65.9 Å². The Hall–Kier alpha value is -2.85. The van der Waals surface area contributed by atoms with Crippen LogP contribution < -0.4 is 0 Å². The van der Waals surface area contributed by atoms with Gasteiger partial charge in [-0.3, -0.25) is 4.79 Å². The number of aromatic amines is 1. The van der Waals surface area contributed by atoms with Gasteiger partial charge in [0.2, 0.25) is 10.0 Å². The molecule has 1 aromatic heterocycles. The summed E-state index contributed by atoms with van der Waals surface area (Å²) in [4.78, 5) is 16.9. The largest absolute Gasteiger partial charge is 0.416 e. The van der Waals surface area contributed by atoms with Crippen molar-refractivity contribution in [2.24, 2.45) is 0 Å². The van der Waals surface area contributed by atoms with E-state index >= 15 is 0 Å². The number of H-pyrrole nitrogens is 1. The molecule has 1 saturated heterocycles. The second-order valence-electron chi connectivity index (χ2n) is 7.00. The third kappa shape index (κ3) is 3.80. The topological polar surface area (TPSA) is 73.5 Å². The van der Waals surface area contributed by atoms with Crippen LogP contribution in [0.1, 0.15) is 15.9 Å². The van der Waals surface area contributed by atoms with Gasteiger partial charge in [0.15, 0.2) is 0 Å². The van der Waals surface area contributed by atoms with Crippen molar-refractivity contribution < 1.29 is 26.4 Å². The van der Waals surface area contributed by atoms with Gasteiger partial charge in [-0.15, -0.1) is 0 Å². The molecule has 10 heteroatoms. The fourth-order valence-corrected chi connectivity index (χ4v) is 4.95. The van der Waals surface area contributed by atoms with Crippen LogP contribution in [0.3, 0.4) is 0 Å². The van der Waals surface area contributed by atoms with Crippen LogP contribution in [-0.2, 0) is 16.2 Å². The van der Waals surface area contributed by atoms with Gasteiger partial charge in [-0.05, 0) is 41.8 Å². The summed E-state index contributed by atoms with van der Waals surface area (Å²) in [6.07, 6.45) is -2.85. The number of alkyl halides is 3. The number of hydrogen-bond acceptors (Lipinski definition) is 3. The molecule has 0 radical (unpaired) electrons. The molecule has 1 fully saturated rings. The Morgan fingerprint density at radius 3 is 2.40 bits per heavy atom. The van der Waals surface area contributed by atoms with Gasteiger partial charge >= 0.3 is 6.18 Å². The molecule has 1 aliphatic rings. The van der Waals surface area contributed by atoms with Crippen LogP contribution in [0, 0.1) is 0 Å². The Kier molecular flexibility index (Phi) is 5.07. The number of benzene rings is 2. The fourth-order valence-electron chi connectivity index (χ4n) is 3.48. The van der Waals surface area contributed by atoms with Crippen LogP contribution in [0.25, 0.3) is 10.9 Å². The van der Waals surface area contributed by atoms with Crippen molar-refractivity contribution in [2.75, 3.05) is 26.2 Å². The SMILES string of the molecule is O=C(c1ccc2cc[nH]c2c1)N1CCN(S(=O)(=O)c2cccc(C(F)(F)F)c2)CC1. The fraction of sp³-hybridized carbons (Fsp3) is 0.250. The normalized spacial score (nSPS) is 16.2. The highest BCUT2D eigenvalue weighted by atomic mass is 32.2. The maximum Gasteiger partial charge on any atom is 0.416 e. The van der Waals surface area contributed by atoms with Gasteiger partial charge in [0.05, 0.1) is 10.5 Å². The highest BCUT2D eigenvalue weighted by Crippen LogP contribution is 2.31. The van der Waals surface area contributed by atoms with Crippen LogP contribution in [0.5, 0.6) is 0 Å². The highest BCUT2D eigenvalue weighted by Gasteiger charge is 2.34. The number of nitrogens with zero attached hydrogens (tertiary/aromatic N) is 2. The zero-order valence-corrected chi connectivity index (χ0v) is 16.5. The highest BCUT2D eigenvalue weighted by molar-refractivity contribution is 7.89. The van der Waals surface area contributed by atoms with Gasteiger partial charge in [-0.2, -0.15) is 17.5 Å². The predicted molar refractivity (Wildman–Crippen MR) is 104 cm³/mol. The zero-order chi connectivity index (χ0) is 21.5. The van der Waals surface area contributed by atoms with Crippen LogP contribution in [0.2, 0.25) is 0 Å². The number of amides is 1. The van der Waals surface area contributed by atoms with E-state index in [0.717, 1.165) is 33.4 Å². The van der Waals surface area contributed by atoms with Crippen LogP contribution in [-0.4, -0.2) is 54.7 Å². The van der Waals surface area contributed by atoms with E-state index in [1.165, 1.54) is 0 Å². The second-order valence-corrected chi connectivity index (χ2v) is 8.94. The van der Waals surface area contributed by atoms with Gasteiger partial charge in [-0.1, -0.05) is 12.1 Å². The quantitative estimate of drug-likeness (QED) is 0.683. The van der Waals surface area contributed by atoms with E-state index in [9.17, 15) is 26.4 Å². The number of fused-ring (bicyclic) bond motifs is 1. The molecular weight excluding hydrogens is 419 g/mol. The van der Waals surface area contributed by atoms with E-state index in [0.29, 0.717) is 11.6 Å². The molecule has 30 heavy (non-hydrogen) atoms. The summed E-state index contributed by atoms with van der Waals surface area (Å²) in [5, 5.41) is 0.976. The Bertz CT molecular complexity index is 1200. The summed E-state index contributed by atoms with van der Waals surface area (Å²) in [5.41, 5.74) is 0.294. The van der Waals surface area contributed by atoms with Gasteiger partial charge in [0.1, 0.15) is 0 Å². The Labute approximate surface area is 171 Å². The lowest BCUT2D eigenvalue weighted by Crippen LogP contribution is -2.50. The molecule has 1 aliphatic heterocycles. The molecule has 3 aromatic rings. The minimum Gasteiger partial charge on any atom is -0.361 e. The van der Waals surface area contributed by atoms with Crippen LogP contribution >= 0.6 is 0 Å². The minimum absolute atomic E-state index is 0.00899. The summed E-state index contributed by atoms with van der Waals surface area (Å²) >= 11 is 0. The summed E-state index contributed by atoms with van der Waals surface area (Å²) in [7, 11) is -4.09. The first-order valence-corrected chi connectivity index (χ1v) is 10.6. The van der Waals surface area contributed by atoms with Crippen molar-refractivity contribution in [3.8, 4) is 0 Å². The number of halogens is 3. The molecule has 2 aromatic carbocycles. The number of sulfonamides is 1. The first-order chi connectivity index (χ1) is 14.2. The van der Waals surface area contributed by atoms with Gasteiger partial charge < -0.3 is 9.88 Å². The van der Waals surface area contributed by atoms with Gasteiger partial charge in [-0.25, -0.2) is 8.42 Å². The number of nitrogens with one attached hydrogen (secondary N) is 1. The summed E-state index contributed by atoms with van der Waals surface area (Å²) in [6, 6.07) is 10.9. The maximum atomic E-state index is 12.9. The summed E-state index contributed by atoms with van der Waals surface area (Å²) in [6.45, 7) is 0.323. The zero-order valence-electron chi connectivity index (χ0n) is 15.7. The molecule has 0 bridgehead atoms. The predicted octanol–water partition coefficient (Wildman–Crippen LogP) is 3.33. The van der Waals surface area contributed by atoms with Crippen molar-refractivity contribution in [3.63, 3.8) is 0 Å². The van der Waals surface area contributed by atoms with E-state index in [1.807, 2.05) is 12.1 Å². The number of carbonyl (C=O) groups excluding carboxylic acids is 1. The monoisotopic (exact) mass is 437 g/mol. The smallest absolute Gasteiger partial charge is 0.361 e. The van der Waals surface area contributed by atoms with E-state index in [2.05, 4.69) is 4.98 Å². The first-order valence-electron chi connectivity index (χ1n) is 9.20. The molecule has 0 spiro atoms. The Morgan fingerprint density at radius 2 is 1.70 bits per heavy atom. The average molecular weight is 437 g/mol. The van der Waals surface area contributed by atoms with E-state index in [1.54, 1.807) is 23.2 Å². The molecule has 0 aliphatic carbocycles. The first kappa shape index (κ1) is 20.4. The van der Waals surface area contributed by atoms with Crippen molar-refractivity contribution >= 4 is 26.8 Å². The van der Waals surface area contributed by atoms with Crippen molar-refractivity contribution in [2.45, 2.75) is 11.1 Å². The molecule has 6 nitrogen and oxygen atoms in total. The van der Waals surface area contributed by atoms with Gasteiger partial charge in [0, 0.05) is 43.5 Å². The molecular formula is C20H18F3N3O3S. The molecule has 0 atom stereocenters. The second kappa shape index (κ2) is 7.44. The molecule has 158 valence electrons. The van der Waals surface area contributed by atoms with Crippen LogP contribution in [0.15, 0.2) is 59.6 Å².